The van der Waals surface area contributed by atoms with E-state index in [0.29, 0.717) is 22.8 Å². The van der Waals surface area contributed by atoms with Crippen molar-refractivity contribution in [2.45, 2.75) is 41.1 Å². The van der Waals surface area contributed by atoms with Crippen LogP contribution in [0.1, 0.15) is 24.1 Å². The van der Waals surface area contributed by atoms with Crippen molar-refractivity contribution in [3.05, 3.63) is 50.1 Å². The zero-order valence-corrected chi connectivity index (χ0v) is 21.5. The van der Waals surface area contributed by atoms with E-state index in [1.807, 2.05) is 17.8 Å². The average Bonchev–Trinajstić information content (AvgIpc) is 3.53. The highest BCUT2D eigenvalue weighted by atomic mass is 32.2. The van der Waals surface area contributed by atoms with Crippen LogP contribution in [0.5, 0.6) is 5.75 Å². The van der Waals surface area contributed by atoms with Crippen LogP contribution in [0.25, 0.3) is 5.57 Å². The van der Waals surface area contributed by atoms with Crippen molar-refractivity contribution in [1.29, 1.82) is 0 Å². The van der Waals surface area contributed by atoms with Gasteiger partial charge in [-0.2, -0.15) is 0 Å². The highest BCUT2D eigenvalue weighted by Gasteiger charge is 2.57. The van der Waals surface area contributed by atoms with E-state index in [-0.39, 0.29) is 23.3 Å². The topological polar surface area (TPSA) is 158 Å². The molecule has 3 atom stereocenters. The van der Waals surface area contributed by atoms with Gasteiger partial charge in [0.1, 0.15) is 17.3 Å². The normalized spacial score (nSPS) is 25.0. The number of aliphatic carboxylic acids is 1. The van der Waals surface area contributed by atoms with Gasteiger partial charge in [-0.15, -0.1) is 11.8 Å². The molecule has 5 heterocycles. The van der Waals surface area contributed by atoms with E-state index in [2.05, 4.69) is 26.0 Å². The number of aromatic nitrogens is 2. The predicted molar refractivity (Wildman–Crippen MR) is 138 cm³/mol. The number of fused-ring (bicyclic) bond motifs is 3. The first-order valence-corrected chi connectivity index (χ1v) is 13.7. The van der Waals surface area contributed by atoms with E-state index >= 15 is 0 Å². The number of quaternary nitrogens is 1. The van der Waals surface area contributed by atoms with Gasteiger partial charge < -0.3 is 25.8 Å². The number of aliphatic imine (C=N–C) groups is 1. The lowest BCUT2D eigenvalue weighted by Crippen LogP contribution is -2.83. The molecule has 10 nitrogen and oxygen atoms in total. The Bertz CT molecular complexity index is 1670. The number of carbonyl (C=O) groups is 2. The number of phenolic OH excluding ortho intramolecular Hbond substituents is 1. The number of carboxylic acid groups (broad SMARTS) is 1. The maximum Gasteiger partial charge on any atom is 0.362 e. The number of aromatic hydroxyl groups is 1. The number of hydrogen-bond donors (Lipinski definition) is 5. The Balaban J connectivity index is 1.44. The van der Waals surface area contributed by atoms with Crippen LogP contribution in [0.2, 0.25) is 0 Å². The summed E-state index contributed by atoms with van der Waals surface area (Å²) in [6.45, 7) is 0.756. The molecule has 1 aliphatic carbocycles. The van der Waals surface area contributed by atoms with Crippen molar-refractivity contribution in [2.75, 3.05) is 11.9 Å². The molecule has 1 saturated heterocycles. The van der Waals surface area contributed by atoms with E-state index in [1.165, 1.54) is 11.8 Å². The van der Waals surface area contributed by atoms with E-state index < -0.39 is 17.4 Å². The lowest BCUT2D eigenvalue weighted by atomic mass is 9.71. The van der Waals surface area contributed by atoms with E-state index in [1.54, 1.807) is 30.2 Å². The fourth-order valence-electron chi connectivity index (χ4n) is 5.98. The van der Waals surface area contributed by atoms with Crippen LogP contribution in [-0.2, 0) is 28.5 Å². The maximum atomic E-state index is 12.9. The van der Waals surface area contributed by atoms with Crippen molar-refractivity contribution in [1.82, 2.24) is 9.55 Å². The summed E-state index contributed by atoms with van der Waals surface area (Å²) in [6, 6.07) is -0.821. The summed E-state index contributed by atoms with van der Waals surface area (Å²) in [7, 11) is 1.83. The number of hydrogen-bond acceptors (Lipinski definition) is 8. The van der Waals surface area contributed by atoms with Crippen molar-refractivity contribution >= 4 is 58.4 Å². The molecule has 0 amide bonds. The zero-order valence-electron chi connectivity index (χ0n) is 19.9. The number of ketones is 1. The highest BCUT2D eigenvalue weighted by Crippen LogP contribution is 2.65. The number of benzene rings is 1. The molecule has 4 aliphatic heterocycles. The number of nitrogens with zero attached hydrogens (tertiary/aromatic N) is 3. The summed E-state index contributed by atoms with van der Waals surface area (Å²) >= 11 is 3.02. The van der Waals surface area contributed by atoms with Gasteiger partial charge in [0.05, 0.1) is 45.7 Å². The molecular weight excluding hydrogens is 512 g/mol. The third-order valence-electron chi connectivity index (χ3n) is 7.71. The largest absolute Gasteiger partial charge is 0.504 e. The highest BCUT2D eigenvalue weighted by molar-refractivity contribution is 8.05. The third-order valence-corrected chi connectivity index (χ3v) is 10.2. The number of carbonyl (C=O) groups excluding carboxylic acids is 1. The molecule has 0 radical (unpaired) electrons. The van der Waals surface area contributed by atoms with Crippen LogP contribution in [0.4, 0.5) is 11.4 Å². The number of aryl methyl sites for hydroxylation is 1. The minimum Gasteiger partial charge on any atom is -0.504 e. The van der Waals surface area contributed by atoms with Gasteiger partial charge in [-0.05, 0) is 24.1 Å². The summed E-state index contributed by atoms with van der Waals surface area (Å²) < 4.78 is 1.81. The minimum absolute atomic E-state index is 0.0262. The molecule has 1 aromatic heterocycles. The number of imidazole rings is 1. The van der Waals surface area contributed by atoms with Crippen LogP contribution >= 0.6 is 23.5 Å². The Morgan fingerprint density at radius 3 is 3.11 bits per heavy atom. The fraction of sp³-hybridized carbons (Fsp3) is 0.320. The number of thioether (sulfide) groups is 2. The molecule has 2 aromatic rings. The van der Waals surface area contributed by atoms with Crippen molar-refractivity contribution in [3.8, 4) is 5.75 Å². The zero-order chi connectivity index (χ0) is 25.6. The SMILES string of the molecule is Cn1cnc(SC2=CC(=O)C=C3S[C@@H]4C[C@]23c2c(c(O)c3c5c2=[NH+]CCC=5C=N3)N4)c1C[C@H]([NH3+])C(=O)O. The third kappa shape index (κ3) is 3.09. The molecular formula is C25H24N6O4S2+2. The Kier molecular flexibility index (Phi) is 4.83. The van der Waals surface area contributed by atoms with Crippen LogP contribution < -0.4 is 26.6 Å². The van der Waals surface area contributed by atoms with E-state index in [0.717, 1.165) is 50.2 Å². The van der Waals surface area contributed by atoms with Gasteiger partial charge in [0.15, 0.2) is 17.6 Å². The second-order valence-electron chi connectivity index (χ2n) is 9.89. The summed E-state index contributed by atoms with van der Waals surface area (Å²) in [5.74, 6) is -0.930. The molecule has 1 spiro atoms. The van der Waals surface area contributed by atoms with E-state index in [4.69, 9.17) is 0 Å². The molecule has 12 heteroatoms. The number of anilines is 1. The van der Waals surface area contributed by atoms with Gasteiger partial charge in [-0.25, -0.2) is 14.8 Å². The summed E-state index contributed by atoms with van der Waals surface area (Å²) in [6.07, 6.45) is 8.64. The van der Waals surface area contributed by atoms with Crippen molar-refractivity contribution in [2.24, 2.45) is 12.0 Å². The van der Waals surface area contributed by atoms with Gasteiger partial charge in [-0.3, -0.25) is 9.79 Å². The molecule has 0 saturated carbocycles. The van der Waals surface area contributed by atoms with Crippen LogP contribution in [0, 0.1) is 0 Å². The minimum atomic E-state index is -0.973. The molecule has 0 unspecified atom stereocenters. The standard InChI is InChI=1S/C25H22N6O4S2/c1-31-9-29-23(13(31)6-12(26)24(34)35)37-15-5-11(32)4-14-25(15)7-16(36-14)30-21-18(25)19-17-10(2-3-27-19)8-28-20(17)22(21)33/h4-5,8-9,12,16,30,33H,2-3,6-7,26H2,1H3,(H,34,35)/p+2/t12-,16+,25+/m0/s1. The fourth-order valence-corrected chi connectivity index (χ4v) is 8.84. The average molecular weight is 537 g/mol. The number of carboxylic acids is 1. The quantitative estimate of drug-likeness (QED) is 0.292. The number of rotatable bonds is 5. The first-order chi connectivity index (χ1) is 17.8. The van der Waals surface area contributed by atoms with Crippen molar-refractivity contribution in [3.63, 3.8) is 0 Å². The van der Waals surface area contributed by atoms with Gasteiger partial charge in [0.2, 0.25) is 5.36 Å². The monoisotopic (exact) mass is 536 g/mol. The lowest BCUT2D eigenvalue weighted by Gasteiger charge is -2.38. The second kappa shape index (κ2) is 7.83. The summed E-state index contributed by atoms with van der Waals surface area (Å²) in [5.41, 5.74) is 7.16. The van der Waals surface area contributed by atoms with Gasteiger partial charge in [0, 0.05) is 29.5 Å². The number of nitrogens with one attached hydrogen (secondary N) is 2. The van der Waals surface area contributed by atoms with E-state index in [9.17, 15) is 19.8 Å². The first kappa shape index (κ1) is 22.8. The van der Waals surface area contributed by atoms with Gasteiger partial charge >= 0.3 is 5.97 Å². The van der Waals surface area contributed by atoms with Crippen molar-refractivity contribution < 1.29 is 30.5 Å². The van der Waals surface area contributed by atoms with Gasteiger partial charge in [0.25, 0.3) is 0 Å². The summed E-state index contributed by atoms with van der Waals surface area (Å²) in [5, 5.41) is 26.8. The molecule has 37 heavy (non-hydrogen) atoms. The van der Waals surface area contributed by atoms with Gasteiger partial charge in [-0.1, -0.05) is 11.8 Å². The van der Waals surface area contributed by atoms with Crippen LogP contribution in [0.3, 0.4) is 0 Å². The summed E-state index contributed by atoms with van der Waals surface area (Å²) in [4.78, 5) is 38.9. The Hall–Kier alpha value is -3.35. The molecule has 5 aliphatic rings. The molecule has 1 fully saturated rings. The molecule has 188 valence electrons. The molecule has 7 rings (SSSR count). The predicted octanol–water partition coefficient (Wildman–Crippen LogP) is -1.40. The Labute approximate surface area is 219 Å². The molecule has 2 bridgehead atoms. The first-order valence-electron chi connectivity index (χ1n) is 12.0. The number of allylic oxidation sites excluding steroid dienone is 4. The van der Waals surface area contributed by atoms with Crippen LogP contribution in [0.15, 0.2) is 38.3 Å². The lowest BCUT2D eigenvalue weighted by molar-refractivity contribution is -0.501. The number of phenols is 1. The van der Waals surface area contributed by atoms with Crippen LogP contribution in [-0.4, -0.2) is 55.7 Å². The molecule has 7 N–H and O–H groups in total. The molecule has 1 aromatic carbocycles. The maximum absolute atomic E-state index is 12.9. The Morgan fingerprint density at radius 2 is 2.30 bits per heavy atom. The smallest absolute Gasteiger partial charge is 0.362 e. The Morgan fingerprint density at radius 1 is 1.46 bits per heavy atom. The second-order valence-corrected chi connectivity index (χ2v) is 12.2.